The van der Waals surface area contributed by atoms with Crippen LogP contribution in [0.1, 0.15) is 31.2 Å². The predicted octanol–water partition coefficient (Wildman–Crippen LogP) is 4.28. The van der Waals surface area contributed by atoms with Crippen molar-refractivity contribution in [2.45, 2.75) is 38.3 Å². The van der Waals surface area contributed by atoms with Crippen LogP contribution in [0, 0.1) is 11.7 Å². The van der Waals surface area contributed by atoms with E-state index in [9.17, 15) is 9.18 Å². The fraction of sp³-hybridized carbons (Fsp3) is 0.350. The first-order chi connectivity index (χ1) is 12.1. The molecule has 3 rings (SSSR count). The van der Waals surface area contributed by atoms with Crippen molar-refractivity contribution in [1.29, 1.82) is 0 Å². The van der Waals surface area contributed by atoms with Crippen LogP contribution in [0.4, 0.5) is 10.1 Å². The van der Waals surface area contributed by atoms with E-state index in [4.69, 9.17) is 10.5 Å². The second-order valence-electron chi connectivity index (χ2n) is 6.55. The zero-order chi connectivity index (χ0) is 17.6. The zero-order valence-electron chi connectivity index (χ0n) is 14.5. The number of halogens is 2. The zero-order valence-corrected chi connectivity index (χ0v) is 15.3. The highest BCUT2D eigenvalue weighted by molar-refractivity contribution is 5.91. The molecule has 4 nitrogen and oxygen atoms in total. The molecule has 2 aromatic rings. The van der Waals surface area contributed by atoms with Crippen LogP contribution in [0.3, 0.4) is 0 Å². The van der Waals surface area contributed by atoms with Crippen molar-refractivity contribution in [3.63, 3.8) is 0 Å². The summed E-state index contributed by atoms with van der Waals surface area (Å²) >= 11 is 0. The van der Waals surface area contributed by atoms with Crippen molar-refractivity contribution in [2.75, 3.05) is 5.32 Å². The van der Waals surface area contributed by atoms with Gasteiger partial charge in [0.1, 0.15) is 18.2 Å². The number of ether oxygens (including phenoxy) is 1. The summed E-state index contributed by atoms with van der Waals surface area (Å²) < 4.78 is 18.7. The fourth-order valence-corrected chi connectivity index (χ4v) is 3.23. The molecule has 0 aromatic heterocycles. The van der Waals surface area contributed by atoms with Crippen LogP contribution >= 0.6 is 12.4 Å². The summed E-state index contributed by atoms with van der Waals surface area (Å²) in [6.45, 7) is 0.306. The first kappa shape index (κ1) is 20.2. The van der Waals surface area contributed by atoms with E-state index in [0.29, 0.717) is 18.8 Å². The fourth-order valence-electron chi connectivity index (χ4n) is 3.23. The molecule has 3 N–H and O–H groups in total. The normalized spacial score (nSPS) is 18.8. The van der Waals surface area contributed by atoms with E-state index in [2.05, 4.69) is 5.32 Å². The molecular weight excluding hydrogens is 355 g/mol. The lowest BCUT2D eigenvalue weighted by Gasteiger charge is -2.15. The van der Waals surface area contributed by atoms with E-state index < -0.39 is 0 Å². The molecule has 6 heteroatoms. The summed E-state index contributed by atoms with van der Waals surface area (Å²) in [5.74, 6) is 0.415. The van der Waals surface area contributed by atoms with Crippen LogP contribution in [0.15, 0.2) is 48.5 Å². The van der Waals surface area contributed by atoms with Crippen molar-refractivity contribution >= 4 is 24.0 Å². The summed E-state index contributed by atoms with van der Waals surface area (Å²) in [5.41, 5.74) is 7.66. The molecule has 0 spiro atoms. The molecule has 140 valence electrons. The number of hydrogen-bond donors (Lipinski definition) is 2. The molecule has 0 heterocycles. The van der Waals surface area contributed by atoms with Crippen LogP contribution in [0.5, 0.6) is 5.75 Å². The molecule has 0 bridgehead atoms. The molecule has 0 saturated heterocycles. The topological polar surface area (TPSA) is 64.4 Å². The van der Waals surface area contributed by atoms with Gasteiger partial charge in [-0.1, -0.05) is 24.6 Å². The summed E-state index contributed by atoms with van der Waals surface area (Å²) in [6.07, 6.45) is 3.60. The third-order valence-corrected chi connectivity index (χ3v) is 4.58. The maximum atomic E-state index is 13.2. The van der Waals surface area contributed by atoms with Crippen LogP contribution in [0.2, 0.25) is 0 Å². The first-order valence-electron chi connectivity index (χ1n) is 8.63. The van der Waals surface area contributed by atoms with E-state index >= 15 is 0 Å². The second-order valence-corrected chi connectivity index (χ2v) is 6.55. The quantitative estimate of drug-likeness (QED) is 0.788. The number of nitrogens with one attached hydrogen (secondary N) is 1. The summed E-state index contributed by atoms with van der Waals surface area (Å²) in [5, 5.41) is 2.93. The molecule has 0 unspecified atom stereocenters. The number of benzene rings is 2. The molecule has 2 aromatic carbocycles. The molecule has 1 amide bonds. The smallest absolute Gasteiger partial charge is 0.224 e. The maximum absolute atomic E-state index is 13.2. The van der Waals surface area contributed by atoms with Crippen LogP contribution in [-0.2, 0) is 11.4 Å². The van der Waals surface area contributed by atoms with Crippen molar-refractivity contribution in [1.82, 2.24) is 0 Å². The minimum absolute atomic E-state index is 0. The molecule has 1 saturated carbocycles. The minimum Gasteiger partial charge on any atom is -0.489 e. The summed E-state index contributed by atoms with van der Waals surface area (Å²) in [7, 11) is 0. The number of hydrogen-bond acceptors (Lipinski definition) is 3. The monoisotopic (exact) mass is 378 g/mol. The van der Waals surface area contributed by atoms with Gasteiger partial charge in [-0.2, -0.15) is 0 Å². The third-order valence-electron chi connectivity index (χ3n) is 4.58. The maximum Gasteiger partial charge on any atom is 0.224 e. The van der Waals surface area contributed by atoms with Gasteiger partial charge in [0.05, 0.1) is 0 Å². The Morgan fingerprint density at radius 2 is 2.00 bits per heavy atom. The minimum atomic E-state index is -0.330. The third kappa shape index (κ3) is 5.71. The second kappa shape index (κ2) is 9.55. The van der Waals surface area contributed by atoms with Gasteiger partial charge in [0.25, 0.3) is 0 Å². The summed E-state index contributed by atoms with van der Waals surface area (Å²) in [6, 6.07) is 13.6. The Hall–Kier alpha value is -2.11. The highest BCUT2D eigenvalue weighted by Crippen LogP contribution is 2.27. The SMILES string of the molecule is Cl.N[C@@H]1CCC[C@H]1CC(=O)Nc1cccc(COc2cccc(F)c2)c1. The molecule has 1 fully saturated rings. The highest BCUT2D eigenvalue weighted by atomic mass is 35.5. The molecule has 2 atom stereocenters. The van der Waals surface area contributed by atoms with Crippen LogP contribution in [0.25, 0.3) is 0 Å². The van der Waals surface area contributed by atoms with Gasteiger partial charge in [0.15, 0.2) is 0 Å². The van der Waals surface area contributed by atoms with Gasteiger partial charge >= 0.3 is 0 Å². The lowest BCUT2D eigenvalue weighted by atomic mass is 10.00. The Bertz CT molecular complexity index is 741. The summed E-state index contributed by atoms with van der Waals surface area (Å²) in [4.78, 5) is 12.2. The van der Waals surface area contributed by atoms with Gasteiger partial charge in [-0.25, -0.2) is 4.39 Å². The van der Waals surface area contributed by atoms with Gasteiger partial charge in [0.2, 0.25) is 5.91 Å². The molecule has 1 aliphatic rings. The lowest BCUT2D eigenvalue weighted by molar-refractivity contribution is -0.117. The number of carbonyl (C=O) groups excluding carboxylic acids is 1. The highest BCUT2D eigenvalue weighted by Gasteiger charge is 2.25. The molecule has 0 radical (unpaired) electrons. The van der Waals surface area contributed by atoms with Crippen molar-refractivity contribution in [2.24, 2.45) is 11.7 Å². The lowest BCUT2D eigenvalue weighted by Crippen LogP contribution is -2.28. The number of amides is 1. The standard InChI is InChI=1S/C20H23FN2O2.ClH/c21-16-6-3-8-18(12-16)25-13-14-4-1-7-17(10-14)23-20(24)11-15-5-2-9-19(15)22;/h1,3-4,6-8,10,12,15,19H,2,5,9,11,13,22H2,(H,23,24);1H/t15-,19+;/m0./s1. The Morgan fingerprint density at radius 3 is 2.73 bits per heavy atom. The predicted molar refractivity (Wildman–Crippen MR) is 103 cm³/mol. The van der Waals surface area contributed by atoms with Crippen LogP contribution in [-0.4, -0.2) is 11.9 Å². The average molecular weight is 379 g/mol. The van der Waals surface area contributed by atoms with E-state index in [1.54, 1.807) is 12.1 Å². The Balaban J connectivity index is 0.00000243. The Labute approximate surface area is 159 Å². The molecule has 0 aliphatic heterocycles. The van der Waals surface area contributed by atoms with Crippen molar-refractivity contribution in [3.05, 3.63) is 59.9 Å². The number of anilines is 1. The Kier molecular flexibility index (Phi) is 7.42. The van der Waals surface area contributed by atoms with Gasteiger partial charge < -0.3 is 15.8 Å². The van der Waals surface area contributed by atoms with Crippen molar-refractivity contribution in [3.8, 4) is 5.75 Å². The van der Waals surface area contributed by atoms with Crippen molar-refractivity contribution < 1.29 is 13.9 Å². The first-order valence-corrected chi connectivity index (χ1v) is 8.63. The Morgan fingerprint density at radius 1 is 1.19 bits per heavy atom. The van der Waals surface area contributed by atoms with E-state index in [1.807, 2.05) is 24.3 Å². The number of nitrogens with two attached hydrogens (primary N) is 1. The van der Waals surface area contributed by atoms with Gasteiger partial charge in [-0.05, 0) is 48.6 Å². The van der Waals surface area contributed by atoms with Crippen LogP contribution < -0.4 is 15.8 Å². The number of carbonyl (C=O) groups is 1. The average Bonchev–Trinajstić information content (AvgIpc) is 2.98. The van der Waals surface area contributed by atoms with E-state index in [0.717, 1.165) is 30.5 Å². The van der Waals surface area contributed by atoms with Gasteiger partial charge in [-0.3, -0.25) is 4.79 Å². The van der Waals surface area contributed by atoms with Gasteiger partial charge in [0, 0.05) is 24.2 Å². The largest absolute Gasteiger partial charge is 0.489 e. The molecule has 26 heavy (non-hydrogen) atoms. The number of rotatable bonds is 6. The molecular formula is C20H24ClFN2O2. The van der Waals surface area contributed by atoms with E-state index in [-0.39, 0.29) is 36.1 Å². The molecule has 1 aliphatic carbocycles. The van der Waals surface area contributed by atoms with Gasteiger partial charge in [-0.15, -0.1) is 12.4 Å². The van der Waals surface area contributed by atoms with E-state index in [1.165, 1.54) is 12.1 Å².